The smallest absolute Gasteiger partial charge is 0.293 e. The van der Waals surface area contributed by atoms with E-state index in [0.717, 1.165) is 76.8 Å². The molecule has 3 amide bonds. The zero-order chi connectivity index (χ0) is 46.3. The van der Waals surface area contributed by atoms with E-state index in [2.05, 4.69) is 59.6 Å². The Morgan fingerprint density at radius 1 is 1.06 bits per heavy atom. The van der Waals surface area contributed by atoms with Crippen LogP contribution in [0, 0.1) is 17.3 Å². The van der Waals surface area contributed by atoms with Gasteiger partial charge in [-0.3, -0.25) is 29.2 Å². The lowest BCUT2D eigenvalue weighted by molar-refractivity contribution is -0.146. The van der Waals surface area contributed by atoms with Gasteiger partial charge in [-0.1, -0.05) is 39.8 Å². The lowest BCUT2D eigenvalue weighted by Crippen LogP contribution is -2.60. The highest BCUT2D eigenvalue weighted by Crippen LogP contribution is 2.42. The monoisotopic (exact) mass is 880 g/mol. The molecule has 2 aliphatic heterocycles. The molecule has 0 spiro atoms. The molecule has 0 saturated carbocycles. The molecule has 346 valence electrons. The van der Waals surface area contributed by atoms with E-state index in [-0.39, 0.29) is 54.6 Å². The predicted octanol–water partition coefficient (Wildman–Crippen LogP) is 6.57. The largest absolute Gasteiger partial charge is 0.508 e. The maximum atomic E-state index is 14.4. The van der Waals surface area contributed by atoms with Crippen LogP contribution in [0.4, 0.5) is 0 Å². The Bertz CT molecular complexity index is 2280. The molecule has 4 aromatic rings. The van der Waals surface area contributed by atoms with Gasteiger partial charge in [0, 0.05) is 74.3 Å². The molecule has 4 N–H and O–H groups in total. The summed E-state index contributed by atoms with van der Waals surface area (Å²) in [5, 5.41) is 20.4. The zero-order valence-electron chi connectivity index (χ0n) is 39.2. The highest BCUT2D eigenvalue weighted by atomic mass is 16.5. The van der Waals surface area contributed by atoms with E-state index in [0.29, 0.717) is 38.1 Å². The summed E-state index contributed by atoms with van der Waals surface area (Å²) in [5.41, 5.74) is 9.88. The minimum absolute atomic E-state index is 0.00599. The Morgan fingerprint density at radius 2 is 1.84 bits per heavy atom. The molecule has 6 rings (SSSR count). The van der Waals surface area contributed by atoms with Gasteiger partial charge in [0.2, 0.25) is 11.8 Å². The van der Waals surface area contributed by atoms with Crippen molar-refractivity contribution in [2.45, 2.75) is 118 Å². The van der Waals surface area contributed by atoms with Crippen LogP contribution in [0.5, 0.6) is 5.75 Å². The van der Waals surface area contributed by atoms with E-state index in [1.807, 2.05) is 45.9 Å². The van der Waals surface area contributed by atoms with Crippen LogP contribution < -0.4 is 16.1 Å². The fourth-order valence-electron chi connectivity index (χ4n) is 9.68. The Hall–Kier alpha value is -5.31. The minimum Gasteiger partial charge on any atom is -0.508 e. The van der Waals surface area contributed by atoms with E-state index < -0.39 is 23.4 Å². The van der Waals surface area contributed by atoms with Gasteiger partial charge in [-0.25, -0.2) is 5.43 Å². The van der Waals surface area contributed by atoms with E-state index in [1.54, 1.807) is 42.4 Å². The number of benzene rings is 2. The Labute approximate surface area is 378 Å². The number of fused-ring (bicyclic) bond motifs is 1. The van der Waals surface area contributed by atoms with E-state index in [4.69, 9.17) is 14.5 Å². The normalized spacial score (nSPS) is 18.4. The zero-order valence-corrected chi connectivity index (χ0v) is 39.2. The van der Waals surface area contributed by atoms with Crippen LogP contribution in [-0.4, -0.2) is 107 Å². The first-order valence-corrected chi connectivity index (χ1v) is 23.0. The van der Waals surface area contributed by atoms with Gasteiger partial charge in [0.05, 0.1) is 30.0 Å². The topological polar surface area (TPSA) is 167 Å². The molecule has 14 nitrogen and oxygen atoms in total. The second kappa shape index (κ2) is 21.1. The van der Waals surface area contributed by atoms with Gasteiger partial charge in [0.1, 0.15) is 17.8 Å². The molecule has 64 heavy (non-hydrogen) atoms. The van der Waals surface area contributed by atoms with Crippen molar-refractivity contribution >= 4 is 35.1 Å². The number of rotatable bonds is 18. The Morgan fingerprint density at radius 3 is 2.52 bits per heavy atom. The molecular formula is C50H69N7O7. The second-order valence-electron chi connectivity index (χ2n) is 18.8. The number of ether oxygens (including phenoxy) is 2. The fourth-order valence-corrected chi connectivity index (χ4v) is 9.68. The number of aromatic nitrogens is 2. The molecule has 2 aliphatic rings. The summed E-state index contributed by atoms with van der Waals surface area (Å²) in [7, 11) is 3.36. The van der Waals surface area contributed by atoms with Crippen molar-refractivity contribution in [1.82, 2.24) is 35.5 Å². The average molecular weight is 880 g/mol. The van der Waals surface area contributed by atoms with Crippen molar-refractivity contribution in [2.75, 3.05) is 40.4 Å². The van der Waals surface area contributed by atoms with Crippen molar-refractivity contribution in [2.24, 2.45) is 17.3 Å². The van der Waals surface area contributed by atoms with Gasteiger partial charge in [0.15, 0.2) is 0 Å². The quantitative estimate of drug-likeness (QED) is 0.0804. The van der Waals surface area contributed by atoms with Crippen LogP contribution in [0.2, 0.25) is 0 Å². The lowest BCUT2D eigenvalue weighted by Gasteiger charge is -2.37. The second-order valence-corrected chi connectivity index (χ2v) is 18.8. The number of piperidine rings is 1. The molecule has 2 aromatic heterocycles. The fraction of sp³-hybridized carbons (Fsp3) is 0.540. The first-order chi connectivity index (χ1) is 30.6. The number of hydrogen-bond acceptors (Lipinski definition) is 10. The van der Waals surface area contributed by atoms with Crippen LogP contribution in [-0.2, 0) is 48.0 Å². The molecule has 4 heterocycles. The van der Waals surface area contributed by atoms with Gasteiger partial charge in [-0.05, 0) is 124 Å². The number of carbonyl (C=O) groups excluding carboxylic acids is 4. The minimum atomic E-state index is -0.984. The predicted molar refractivity (Wildman–Crippen MR) is 249 cm³/mol. The Balaban J connectivity index is 1.40. The molecule has 2 aromatic carbocycles. The van der Waals surface area contributed by atoms with Gasteiger partial charge in [-0.15, -0.1) is 0 Å². The number of hydrazine groups is 1. The summed E-state index contributed by atoms with van der Waals surface area (Å²) in [4.78, 5) is 60.3. The standard InChI is InChI=1S/C50H69N7O7/c1-10-56-43-18-17-35(27-40(43)41(28-50(6,7)29-64-30-58)46(56)39-16-14-20-52-44(39)33(5)63-9)36-23-34(24-37(59)26-36)25-42(49(62)57-22-12-11-21-53-57)54-47(60)45(31(2)3)55(8)48(61)38-15-13-19-51-32(38)4/h14,16-18,20,23-24,26-27,30-33,38,42,45,51,53,59H,10-13,15,19,21-22,25,28-29H2,1-9H3,(H,54,60)/t32-,33?,38?,42?,45?/m1/s1. The highest BCUT2D eigenvalue weighted by molar-refractivity contribution is 5.96. The maximum Gasteiger partial charge on any atom is 0.293 e. The van der Waals surface area contributed by atoms with Crippen molar-refractivity contribution < 1.29 is 33.8 Å². The lowest BCUT2D eigenvalue weighted by atomic mass is 9.84. The van der Waals surface area contributed by atoms with Crippen molar-refractivity contribution in [3.63, 3.8) is 0 Å². The highest BCUT2D eigenvalue weighted by Gasteiger charge is 2.38. The third kappa shape index (κ3) is 10.8. The number of aromatic hydroxyl groups is 1. The molecule has 2 saturated heterocycles. The van der Waals surface area contributed by atoms with Gasteiger partial charge < -0.3 is 34.7 Å². The maximum absolute atomic E-state index is 14.4. The number of aryl methyl sites for hydroxylation is 1. The first-order valence-electron chi connectivity index (χ1n) is 23.0. The average Bonchev–Trinajstić information content (AvgIpc) is 3.58. The van der Waals surface area contributed by atoms with Crippen molar-refractivity contribution in [3.05, 3.63) is 71.5 Å². The number of pyridine rings is 1. The number of likely N-dealkylation sites (N-methyl/N-ethyl adjacent to an activating group) is 1. The summed E-state index contributed by atoms with van der Waals surface area (Å²) in [6.07, 6.45) is 5.58. The number of nitrogens with zero attached hydrogens (tertiary/aromatic N) is 4. The number of nitrogens with one attached hydrogen (secondary N) is 3. The Kier molecular flexibility index (Phi) is 15.9. The summed E-state index contributed by atoms with van der Waals surface area (Å²) in [5.74, 6) is -1.21. The number of methoxy groups -OCH3 is 1. The van der Waals surface area contributed by atoms with Crippen LogP contribution in [0.1, 0.15) is 97.1 Å². The molecule has 2 fully saturated rings. The third-order valence-corrected chi connectivity index (χ3v) is 13.0. The number of amides is 3. The first kappa shape index (κ1) is 48.2. The van der Waals surface area contributed by atoms with Gasteiger partial charge in [0.25, 0.3) is 12.4 Å². The molecule has 0 bridgehead atoms. The van der Waals surface area contributed by atoms with E-state index >= 15 is 0 Å². The molecule has 0 radical (unpaired) electrons. The number of carbonyl (C=O) groups is 4. The summed E-state index contributed by atoms with van der Waals surface area (Å²) >= 11 is 0. The van der Waals surface area contributed by atoms with Gasteiger partial charge >= 0.3 is 0 Å². The van der Waals surface area contributed by atoms with Crippen LogP contribution >= 0.6 is 0 Å². The van der Waals surface area contributed by atoms with Crippen LogP contribution in [0.15, 0.2) is 54.7 Å². The van der Waals surface area contributed by atoms with Crippen LogP contribution in [0.3, 0.4) is 0 Å². The number of phenols is 1. The third-order valence-electron chi connectivity index (χ3n) is 13.0. The van der Waals surface area contributed by atoms with Crippen molar-refractivity contribution in [1.29, 1.82) is 0 Å². The van der Waals surface area contributed by atoms with Crippen molar-refractivity contribution in [3.8, 4) is 28.1 Å². The molecule has 14 heteroatoms. The summed E-state index contributed by atoms with van der Waals surface area (Å²) in [6.45, 7) is 17.5. The molecule has 5 atom stereocenters. The summed E-state index contributed by atoms with van der Waals surface area (Å²) < 4.78 is 13.4. The van der Waals surface area contributed by atoms with Crippen LogP contribution in [0.25, 0.3) is 33.3 Å². The molecular weight excluding hydrogens is 811 g/mol. The van der Waals surface area contributed by atoms with Gasteiger partial charge in [-0.2, -0.15) is 0 Å². The van der Waals surface area contributed by atoms with E-state index in [9.17, 15) is 24.3 Å². The molecule has 0 aliphatic carbocycles. The molecule has 4 unspecified atom stereocenters. The SMILES string of the molecule is CCn1c(-c2cccnc2C(C)OC)c(CC(C)(C)COC=O)c2cc(-c3cc(O)cc(CC(NC(=O)C(C(C)C)N(C)C(=O)C4CCCN[C@@H]4C)C(=O)N4CCCCN4)c3)ccc21. The van der Waals surface area contributed by atoms with E-state index in [1.165, 1.54) is 0 Å². The summed E-state index contributed by atoms with van der Waals surface area (Å²) in [6, 6.07) is 13.8. The number of phenolic OH excluding ortho intramolecular Hbond substituents is 1. The number of hydrogen-bond donors (Lipinski definition) is 4.